The van der Waals surface area contributed by atoms with Gasteiger partial charge in [-0.1, -0.05) is 78.9 Å². The Bertz CT molecular complexity index is 644. The van der Waals surface area contributed by atoms with Gasteiger partial charge in [-0.25, -0.2) is 0 Å². The predicted molar refractivity (Wildman–Crippen MR) is 94.6 cm³/mol. The number of carbonyl (C=O) groups is 1. The van der Waals surface area contributed by atoms with Crippen LogP contribution in [0, 0.1) is 6.92 Å². The first-order valence-electron chi connectivity index (χ1n) is 7.16. The van der Waals surface area contributed by atoms with E-state index in [0.29, 0.717) is 0 Å². The lowest BCUT2D eigenvalue weighted by Gasteiger charge is -2.07. The molecule has 2 heteroatoms. The molecule has 0 aliphatic carbocycles. The van der Waals surface area contributed by atoms with Gasteiger partial charge in [0.2, 0.25) is 0 Å². The number of carboxylic acid groups (broad SMARTS) is 1. The van der Waals surface area contributed by atoms with Crippen molar-refractivity contribution >= 4 is 17.6 Å². The zero-order chi connectivity index (χ0) is 16.4. The van der Waals surface area contributed by atoms with Gasteiger partial charge in [-0.15, -0.1) is 0 Å². The van der Waals surface area contributed by atoms with Crippen LogP contribution in [0.25, 0.3) is 11.6 Å². The van der Waals surface area contributed by atoms with Crippen LogP contribution >= 0.6 is 0 Å². The van der Waals surface area contributed by atoms with Gasteiger partial charge >= 0.3 is 5.97 Å². The molecule has 1 aromatic carbocycles. The van der Waals surface area contributed by atoms with Crippen molar-refractivity contribution in [3.8, 4) is 0 Å². The van der Waals surface area contributed by atoms with Gasteiger partial charge in [0.15, 0.2) is 0 Å². The molecule has 22 heavy (non-hydrogen) atoms. The first-order chi connectivity index (χ1) is 10.5. The van der Waals surface area contributed by atoms with E-state index < -0.39 is 5.97 Å². The third kappa shape index (κ3) is 6.23. The van der Waals surface area contributed by atoms with Crippen LogP contribution < -0.4 is 0 Å². The third-order valence-corrected chi connectivity index (χ3v) is 3.04. The fourth-order valence-electron chi connectivity index (χ4n) is 1.95. The normalized spacial score (nSPS) is 12.5. The second-order valence-electron chi connectivity index (χ2n) is 4.95. The van der Waals surface area contributed by atoms with E-state index in [-0.39, 0.29) is 6.42 Å². The minimum Gasteiger partial charge on any atom is -0.481 e. The predicted octanol–water partition coefficient (Wildman–Crippen LogP) is 5.18. The van der Waals surface area contributed by atoms with Crippen molar-refractivity contribution in [1.29, 1.82) is 0 Å². The summed E-state index contributed by atoms with van der Waals surface area (Å²) in [6.07, 6.45) is 14.9. The maximum absolute atomic E-state index is 10.4. The van der Waals surface area contributed by atoms with Crippen molar-refractivity contribution in [2.45, 2.75) is 20.3 Å². The molecule has 0 unspecified atom stereocenters. The molecule has 0 aliphatic heterocycles. The Morgan fingerprint density at radius 1 is 1.23 bits per heavy atom. The van der Waals surface area contributed by atoms with Crippen molar-refractivity contribution in [1.82, 2.24) is 0 Å². The smallest absolute Gasteiger partial charge is 0.307 e. The molecule has 0 heterocycles. The molecular formula is C20H22O2. The Morgan fingerprint density at radius 2 is 2.00 bits per heavy atom. The maximum atomic E-state index is 10.4. The molecule has 114 valence electrons. The molecule has 1 rings (SSSR count). The van der Waals surface area contributed by atoms with Crippen LogP contribution in [0.1, 0.15) is 30.0 Å². The van der Waals surface area contributed by atoms with Gasteiger partial charge < -0.3 is 5.11 Å². The monoisotopic (exact) mass is 294 g/mol. The van der Waals surface area contributed by atoms with Crippen LogP contribution in [0.5, 0.6) is 0 Å². The summed E-state index contributed by atoms with van der Waals surface area (Å²) in [7, 11) is 0. The molecule has 1 N–H and O–H groups in total. The molecule has 0 saturated heterocycles. The Hall–Kier alpha value is -2.61. The van der Waals surface area contributed by atoms with E-state index >= 15 is 0 Å². The molecule has 0 fully saturated rings. The zero-order valence-electron chi connectivity index (χ0n) is 13.1. The molecule has 0 spiro atoms. The van der Waals surface area contributed by atoms with E-state index in [0.717, 1.165) is 11.1 Å². The van der Waals surface area contributed by atoms with E-state index in [4.69, 9.17) is 5.11 Å². The molecule has 0 atom stereocenters. The van der Waals surface area contributed by atoms with Gasteiger partial charge in [0.05, 0.1) is 6.42 Å². The van der Waals surface area contributed by atoms with Gasteiger partial charge in [0.25, 0.3) is 0 Å². The standard InChI is InChI=1S/C20H22O2/c1-4-5-11-18-15-16(2)13-14-19(18)17(3)10-8-6-7-9-12-20(21)22/h4-11,13-15H,1,12H2,2-3H3,(H,21,22)/b8-6+,9-7+,11-5+,17-10-. The van der Waals surface area contributed by atoms with Gasteiger partial charge in [0, 0.05) is 0 Å². The second kappa shape index (κ2) is 9.35. The molecule has 0 saturated carbocycles. The summed E-state index contributed by atoms with van der Waals surface area (Å²) in [5.41, 5.74) is 4.69. The SMILES string of the molecule is C=C/C=C/c1cc(C)ccc1\C(C)=C/C=C/C=C/CC(=O)O. The lowest BCUT2D eigenvalue weighted by Crippen LogP contribution is -1.89. The molecule has 0 bridgehead atoms. The lowest BCUT2D eigenvalue weighted by molar-refractivity contribution is -0.136. The molecule has 1 aromatic rings. The van der Waals surface area contributed by atoms with E-state index in [1.807, 2.05) is 30.4 Å². The third-order valence-electron chi connectivity index (χ3n) is 3.04. The van der Waals surface area contributed by atoms with Crippen molar-refractivity contribution in [2.24, 2.45) is 0 Å². The molecular weight excluding hydrogens is 272 g/mol. The quantitative estimate of drug-likeness (QED) is 0.703. The van der Waals surface area contributed by atoms with Crippen molar-refractivity contribution in [2.75, 3.05) is 0 Å². The second-order valence-corrected chi connectivity index (χ2v) is 4.95. The average molecular weight is 294 g/mol. The number of benzene rings is 1. The van der Waals surface area contributed by atoms with Crippen LogP contribution in [0.4, 0.5) is 0 Å². The van der Waals surface area contributed by atoms with Crippen LogP contribution in [0.3, 0.4) is 0 Å². The first-order valence-corrected chi connectivity index (χ1v) is 7.16. The number of rotatable bonds is 7. The fourth-order valence-corrected chi connectivity index (χ4v) is 1.95. The Kier molecular flexibility index (Phi) is 7.41. The Labute approximate surface area is 132 Å². The van der Waals surface area contributed by atoms with E-state index in [9.17, 15) is 4.79 Å². The van der Waals surface area contributed by atoms with Crippen molar-refractivity contribution < 1.29 is 9.90 Å². The van der Waals surface area contributed by atoms with Crippen molar-refractivity contribution in [3.05, 3.63) is 84.0 Å². The Morgan fingerprint density at radius 3 is 2.68 bits per heavy atom. The summed E-state index contributed by atoms with van der Waals surface area (Å²) < 4.78 is 0. The summed E-state index contributed by atoms with van der Waals surface area (Å²) in [5, 5.41) is 8.53. The van der Waals surface area contributed by atoms with Crippen LogP contribution in [-0.2, 0) is 4.79 Å². The average Bonchev–Trinajstić information content (AvgIpc) is 2.48. The highest BCUT2D eigenvalue weighted by atomic mass is 16.4. The number of aliphatic carboxylic acids is 1. The highest BCUT2D eigenvalue weighted by molar-refractivity contribution is 5.74. The van der Waals surface area contributed by atoms with Crippen LogP contribution in [-0.4, -0.2) is 11.1 Å². The summed E-state index contributed by atoms with van der Waals surface area (Å²) in [6.45, 7) is 7.83. The summed E-state index contributed by atoms with van der Waals surface area (Å²) in [5.74, 6) is -0.824. The lowest BCUT2D eigenvalue weighted by atomic mass is 9.98. The van der Waals surface area contributed by atoms with Gasteiger partial charge in [-0.3, -0.25) is 4.79 Å². The summed E-state index contributed by atoms with van der Waals surface area (Å²) in [6, 6.07) is 6.34. The molecule has 0 aliphatic rings. The molecule has 0 amide bonds. The van der Waals surface area contributed by atoms with Crippen LogP contribution in [0.2, 0.25) is 0 Å². The minimum absolute atomic E-state index is 0.0431. The number of carboxylic acids is 1. The summed E-state index contributed by atoms with van der Waals surface area (Å²) >= 11 is 0. The zero-order valence-corrected chi connectivity index (χ0v) is 13.1. The van der Waals surface area contributed by atoms with Gasteiger partial charge in [0.1, 0.15) is 0 Å². The van der Waals surface area contributed by atoms with E-state index in [2.05, 4.69) is 38.6 Å². The highest BCUT2D eigenvalue weighted by Crippen LogP contribution is 2.22. The highest BCUT2D eigenvalue weighted by Gasteiger charge is 2.01. The molecule has 0 radical (unpaired) electrons. The van der Waals surface area contributed by atoms with E-state index in [1.54, 1.807) is 18.2 Å². The maximum Gasteiger partial charge on any atom is 0.307 e. The van der Waals surface area contributed by atoms with E-state index in [1.165, 1.54) is 11.1 Å². The van der Waals surface area contributed by atoms with Crippen molar-refractivity contribution in [3.63, 3.8) is 0 Å². The number of allylic oxidation sites excluding steroid dienone is 7. The van der Waals surface area contributed by atoms with Gasteiger partial charge in [-0.05, 0) is 30.5 Å². The Balaban J connectivity index is 2.90. The molecule has 2 nitrogen and oxygen atoms in total. The van der Waals surface area contributed by atoms with Gasteiger partial charge in [-0.2, -0.15) is 0 Å². The number of hydrogen-bond acceptors (Lipinski definition) is 1. The minimum atomic E-state index is -0.824. The topological polar surface area (TPSA) is 37.3 Å². The first kappa shape index (κ1) is 17.4. The van der Waals surface area contributed by atoms with Crippen LogP contribution in [0.15, 0.2) is 67.3 Å². The summed E-state index contributed by atoms with van der Waals surface area (Å²) in [4.78, 5) is 10.4. The fraction of sp³-hybridized carbons (Fsp3) is 0.150. The largest absolute Gasteiger partial charge is 0.481 e. The number of aryl methyl sites for hydroxylation is 1. The number of hydrogen-bond donors (Lipinski definition) is 1. The molecule has 0 aromatic heterocycles.